The van der Waals surface area contributed by atoms with Crippen molar-refractivity contribution in [1.82, 2.24) is 9.55 Å². The van der Waals surface area contributed by atoms with Crippen LogP contribution in [0, 0.1) is 19.9 Å². The van der Waals surface area contributed by atoms with Gasteiger partial charge in [-0.3, -0.25) is 4.98 Å². The number of rotatable bonds is 2. The van der Waals surface area contributed by atoms with Crippen molar-refractivity contribution in [3.8, 4) is 17.1 Å². The minimum Gasteiger partial charge on any atom is -0.333 e. The van der Waals surface area contributed by atoms with E-state index in [1.165, 1.54) is 48.0 Å². The number of imidazole rings is 1. The number of aryl methyl sites for hydroxylation is 2. The van der Waals surface area contributed by atoms with Crippen LogP contribution >= 0.6 is 0 Å². The van der Waals surface area contributed by atoms with E-state index in [9.17, 15) is 0 Å². The van der Waals surface area contributed by atoms with Gasteiger partial charge >= 0.3 is 0 Å². The number of fused-ring (bicyclic) bond motifs is 3. The molecule has 3 aliphatic rings. The zero-order valence-electron chi connectivity index (χ0n) is 17.4. The first-order chi connectivity index (χ1) is 14.2. The zero-order valence-corrected chi connectivity index (χ0v) is 19.8. The SMILES string of the molecule is Cc1cccc(C)c1-n1c(-c2[c-]cccc2)nc2cc3c(cc21)C1CCC3CC1.[Ir]. The second-order valence-electron chi connectivity index (χ2n) is 8.81. The van der Waals surface area contributed by atoms with Gasteiger partial charge in [0.2, 0.25) is 0 Å². The van der Waals surface area contributed by atoms with Gasteiger partial charge in [0.05, 0.1) is 16.9 Å². The van der Waals surface area contributed by atoms with Crippen LogP contribution in [-0.2, 0) is 20.1 Å². The van der Waals surface area contributed by atoms with E-state index >= 15 is 0 Å². The molecule has 1 aromatic heterocycles. The number of nitrogens with zero attached hydrogens (tertiary/aromatic N) is 2. The summed E-state index contributed by atoms with van der Waals surface area (Å²) in [7, 11) is 0. The fourth-order valence-electron chi connectivity index (χ4n) is 5.68. The largest absolute Gasteiger partial charge is 0.333 e. The predicted molar refractivity (Wildman–Crippen MR) is 119 cm³/mol. The molecule has 0 atom stereocenters. The molecular weight excluding hydrogens is 545 g/mol. The third-order valence-corrected chi connectivity index (χ3v) is 7.08. The van der Waals surface area contributed by atoms with Crippen molar-refractivity contribution in [2.24, 2.45) is 0 Å². The summed E-state index contributed by atoms with van der Waals surface area (Å²) in [4.78, 5) is 5.16. The van der Waals surface area contributed by atoms with Gasteiger partial charge in [0.15, 0.2) is 0 Å². The average molecular weight is 570 g/mol. The van der Waals surface area contributed by atoms with Crippen LogP contribution in [0.2, 0.25) is 0 Å². The number of hydrogen-bond donors (Lipinski definition) is 0. The van der Waals surface area contributed by atoms with Crippen LogP contribution in [0.1, 0.15) is 59.8 Å². The molecule has 7 rings (SSSR count). The summed E-state index contributed by atoms with van der Waals surface area (Å²) in [5, 5.41) is 0. The predicted octanol–water partition coefficient (Wildman–Crippen LogP) is 6.86. The van der Waals surface area contributed by atoms with Crippen LogP contribution in [0.3, 0.4) is 0 Å². The third-order valence-electron chi connectivity index (χ3n) is 7.08. The molecule has 0 aliphatic heterocycles. The molecule has 0 amide bonds. The number of benzene rings is 3. The van der Waals surface area contributed by atoms with Crippen molar-refractivity contribution < 1.29 is 20.1 Å². The Bertz CT molecular complexity index is 1210. The van der Waals surface area contributed by atoms with Gasteiger partial charge in [-0.1, -0.05) is 18.2 Å². The molecule has 0 spiro atoms. The maximum absolute atomic E-state index is 5.16. The molecule has 1 fully saturated rings. The molecule has 153 valence electrons. The summed E-state index contributed by atoms with van der Waals surface area (Å²) in [6, 6.07) is 23.0. The molecule has 1 saturated carbocycles. The minimum atomic E-state index is 0. The number of para-hydroxylation sites is 1. The smallest absolute Gasteiger partial charge is 0.0777 e. The monoisotopic (exact) mass is 570 g/mol. The van der Waals surface area contributed by atoms with Crippen LogP contribution in [-0.4, -0.2) is 9.55 Å². The molecule has 4 aromatic rings. The molecule has 0 unspecified atom stereocenters. The zero-order chi connectivity index (χ0) is 19.5. The van der Waals surface area contributed by atoms with Crippen molar-refractivity contribution in [1.29, 1.82) is 0 Å². The normalized spacial score (nSPS) is 19.5. The third kappa shape index (κ3) is 2.91. The molecule has 0 saturated heterocycles. The van der Waals surface area contributed by atoms with Gasteiger partial charge in [-0.2, -0.15) is 0 Å². The van der Waals surface area contributed by atoms with Crippen molar-refractivity contribution in [3.63, 3.8) is 0 Å². The van der Waals surface area contributed by atoms with Crippen molar-refractivity contribution in [2.45, 2.75) is 51.4 Å². The van der Waals surface area contributed by atoms with E-state index < -0.39 is 0 Å². The summed E-state index contributed by atoms with van der Waals surface area (Å²) in [6.07, 6.45) is 5.39. The molecule has 2 bridgehead atoms. The van der Waals surface area contributed by atoms with Crippen LogP contribution in [0.15, 0.2) is 54.6 Å². The Balaban J connectivity index is 0.00000193. The van der Waals surface area contributed by atoms with E-state index in [2.05, 4.69) is 66.9 Å². The summed E-state index contributed by atoms with van der Waals surface area (Å²) >= 11 is 0. The van der Waals surface area contributed by atoms with Gasteiger partial charge in [-0.15, -0.1) is 35.9 Å². The first-order valence-corrected chi connectivity index (χ1v) is 10.8. The molecule has 3 aromatic carbocycles. The van der Waals surface area contributed by atoms with E-state index in [0.29, 0.717) is 0 Å². The summed E-state index contributed by atoms with van der Waals surface area (Å²) in [6.45, 7) is 4.40. The van der Waals surface area contributed by atoms with E-state index in [0.717, 1.165) is 28.7 Å². The Hall–Kier alpha value is -2.22. The van der Waals surface area contributed by atoms with Crippen LogP contribution in [0.4, 0.5) is 0 Å². The van der Waals surface area contributed by atoms with Crippen molar-refractivity contribution in [2.75, 3.05) is 0 Å². The van der Waals surface area contributed by atoms with Gasteiger partial charge in [0.25, 0.3) is 0 Å². The maximum Gasteiger partial charge on any atom is 0.0777 e. The fourth-order valence-corrected chi connectivity index (χ4v) is 5.68. The van der Waals surface area contributed by atoms with Crippen LogP contribution in [0.25, 0.3) is 28.1 Å². The first kappa shape index (κ1) is 19.7. The Labute approximate surface area is 191 Å². The van der Waals surface area contributed by atoms with Crippen LogP contribution < -0.4 is 0 Å². The topological polar surface area (TPSA) is 17.8 Å². The maximum atomic E-state index is 5.16. The van der Waals surface area contributed by atoms with E-state index in [-0.39, 0.29) is 20.1 Å². The molecule has 2 nitrogen and oxygen atoms in total. The van der Waals surface area contributed by atoms with E-state index in [1.807, 2.05) is 12.1 Å². The second kappa shape index (κ2) is 7.48. The molecule has 3 heteroatoms. The van der Waals surface area contributed by atoms with Crippen molar-refractivity contribution >= 4 is 11.0 Å². The van der Waals surface area contributed by atoms with Crippen molar-refractivity contribution in [3.05, 3.63) is 82.9 Å². The summed E-state index contributed by atoms with van der Waals surface area (Å²) in [5.41, 5.74) is 10.4. The fraction of sp³-hybridized carbons (Fsp3) is 0.296. The minimum absolute atomic E-state index is 0. The molecule has 0 N–H and O–H groups in total. The molecule has 1 radical (unpaired) electrons. The average Bonchev–Trinajstić information content (AvgIpc) is 3.12. The quantitative estimate of drug-likeness (QED) is 0.241. The molecular formula is C27H25IrN2-. The second-order valence-corrected chi connectivity index (χ2v) is 8.81. The molecule has 3 aliphatic carbocycles. The summed E-state index contributed by atoms with van der Waals surface area (Å²) in [5.74, 6) is 2.46. The van der Waals surface area contributed by atoms with E-state index in [1.54, 1.807) is 11.1 Å². The van der Waals surface area contributed by atoms with Crippen LogP contribution in [0.5, 0.6) is 0 Å². The van der Waals surface area contributed by atoms with Gasteiger partial charge in [0.1, 0.15) is 0 Å². The molecule has 30 heavy (non-hydrogen) atoms. The first-order valence-electron chi connectivity index (χ1n) is 10.8. The van der Waals surface area contributed by atoms with Gasteiger partial charge < -0.3 is 4.57 Å². The Morgan fingerprint density at radius 3 is 2.17 bits per heavy atom. The number of aromatic nitrogens is 2. The van der Waals surface area contributed by atoms with Gasteiger partial charge in [-0.25, -0.2) is 0 Å². The van der Waals surface area contributed by atoms with E-state index in [4.69, 9.17) is 4.98 Å². The Kier molecular flexibility index (Phi) is 4.92. The van der Waals surface area contributed by atoms with Gasteiger partial charge in [0, 0.05) is 25.8 Å². The van der Waals surface area contributed by atoms with Gasteiger partial charge in [-0.05, 0) is 85.8 Å². The Morgan fingerprint density at radius 2 is 1.53 bits per heavy atom. The molecule has 1 heterocycles. The summed E-state index contributed by atoms with van der Waals surface area (Å²) < 4.78 is 2.38. The Morgan fingerprint density at radius 1 is 0.867 bits per heavy atom. The standard InChI is InChI=1S/C27H25N2.Ir/c1-17-7-6-8-18(2)26(17)29-25-16-23-20-13-11-19(12-14-20)22(23)15-24(25)28-27(29)21-9-4-3-5-10-21;/h3-9,15-16,19-20H,11-14H2,1-2H3;/q-1;. The number of hydrogen-bond acceptors (Lipinski definition) is 1.